The van der Waals surface area contributed by atoms with Gasteiger partial charge in [0.05, 0.1) is 6.61 Å². The van der Waals surface area contributed by atoms with Crippen LogP contribution in [0.15, 0.2) is 0 Å². The van der Waals surface area contributed by atoms with E-state index in [0.29, 0.717) is 11.8 Å². The number of fused-ring (bicyclic) bond motifs is 1. The number of rotatable bonds is 4. The van der Waals surface area contributed by atoms with Gasteiger partial charge < -0.3 is 4.74 Å². The quantitative estimate of drug-likeness (QED) is 0.725. The molecule has 2 unspecified atom stereocenters. The van der Waals surface area contributed by atoms with Gasteiger partial charge in [-0.15, -0.1) is 0 Å². The second kappa shape index (κ2) is 4.46. The van der Waals surface area contributed by atoms with E-state index in [1.165, 1.54) is 32.2 Å². The second-order valence-corrected chi connectivity index (χ2v) is 5.56. The summed E-state index contributed by atoms with van der Waals surface area (Å²) in [6, 6.07) is 0.604. The molecule has 90 valence electrons. The lowest BCUT2D eigenvalue weighted by Gasteiger charge is -2.34. The highest BCUT2D eigenvalue weighted by Crippen LogP contribution is 2.34. The Morgan fingerprint density at radius 1 is 1.31 bits per heavy atom. The fraction of sp³-hybridized carbons (Fsp3) is 0.923. The summed E-state index contributed by atoms with van der Waals surface area (Å²) in [5.41, 5.74) is 0. The first-order valence-electron chi connectivity index (χ1n) is 6.71. The van der Waals surface area contributed by atoms with Gasteiger partial charge in [-0.2, -0.15) is 0 Å². The number of carbonyl (C=O) groups is 1. The Bertz CT molecular complexity index is 275. The molecule has 0 bridgehead atoms. The third-order valence-electron chi connectivity index (χ3n) is 4.24. The molecule has 16 heavy (non-hydrogen) atoms. The lowest BCUT2D eigenvalue weighted by molar-refractivity contribution is -0.138. The highest BCUT2D eigenvalue weighted by atomic mass is 16.5. The monoisotopic (exact) mass is 223 g/mol. The Morgan fingerprint density at radius 3 is 3.00 bits per heavy atom. The molecule has 2 atom stereocenters. The number of morpholine rings is 1. The topological polar surface area (TPSA) is 29.5 Å². The van der Waals surface area contributed by atoms with E-state index in [1.54, 1.807) is 0 Å². The SMILES string of the molecule is O=C(CCC1CC1)C1CN2CCCC2CO1. The van der Waals surface area contributed by atoms with Crippen molar-refractivity contribution in [1.29, 1.82) is 0 Å². The molecule has 1 saturated carbocycles. The molecule has 3 aliphatic rings. The van der Waals surface area contributed by atoms with Crippen LogP contribution in [0.5, 0.6) is 0 Å². The lowest BCUT2D eigenvalue weighted by Crippen LogP contribution is -2.49. The van der Waals surface area contributed by atoms with Crippen LogP contribution in [-0.2, 0) is 9.53 Å². The molecule has 3 nitrogen and oxygen atoms in total. The van der Waals surface area contributed by atoms with Crippen molar-refractivity contribution in [3.8, 4) is 0 Å². The minimum atomic E-state index is -0.118. The first-order chi connectivity index (χ1) is 7.83. The maximum Gasteiger partial charge on any atom is 0.162 e. The van der Waals surface area contributed by atoms with E-state index < -0.39 is 0 Å². The van der Waals surface area contributed by atoms with Gasteiger partial charge >= 0.3 is 0 Å². The lowest BCUT2D eigenvalue weighted by atomic mass is 10.1. The molecule has 0 spiro atoms. The average molecular weight is 223 g/mol. The minimum Gasteiger partial charge on any atom is -0.367 e. The molecule has 3 heteroatoms. The van der Waals surface area contributed by atoms with E-state index in [1.807, 2.05) is 0 Å². The first-order valence-corrected chi connectivity index (χ1v) is 6.71. The summed E-state index contributed by atoms with van der Waals surface area (Å²) in [7, 11) is 0. The van der Waals surface area contributed by atoms with Crippen LogP contribution in [0.25, 0.3) is 0 Å². The fourth-order valence-electron chi connectivity index (χ4n) is 2.93. The van der Waals surface area contributed by atoms with Crippen molar-refractivity contribution in [2.75, 3.05) is 19.7 Å². The summed E-state index contributed by atoms with van der Waals surface area (Å²) >= 11 is 0. The highest BCUT2D eigenvalue weighted by molar-refractivity contribution is 5.83. The molecule has 0 amide bonds. The molecule has 0 N–H and O–H groups in total. The van der Waals surface area contributed by atoms with Crippen molar-refractivity contribution < 1.29 is 9.53 Å². The molecule has 0 aromatic carbocycles. The Labute approximate surface area is 97.1 Å². The van der Waals surface area contributed by atoms with Crippen molar-refractivity contribution in [2.45, 2.75) is 50.7 Å². The van der Waals surface area contributed by atoms with E-state index in [9.17, 15) is 4.79 Å². The smallest absolute Gasteiger partial charge is 0.162 e. The molecule has 0 aromatic heterocycles. The van der Waals surface area contributed by atoms with E-state index in [-0.39, 0.29) is 6.10 Å². The van der Waals surface area contributed by atoms with Crippen LogP contribution >= 0.6 is 0 Å². The third kappa shape index (κ3) is 2.30. The maximum atomic E-state index is 12.0. The summed E-state index contributed by atoms with van der Waals surface area (Å²) in [4.78, 5) is 14.4. The molecule has 3 fully saturated rings. The van der Waals surface area contributed by atoms with Crippen LogP contribution in [0, 0.1) is 5.92 Å². The number of hydrogen-bond acceptors (Lipinski definition) is 3. The van der Waals surface area contributed by atoms with E-state index >= 15 is 0 Å². The van der Waals surface area contributed by atoms with Crippen molar-refractivity contribution >= 4 is 5.78 Å². The molecular formula is C13H21NO2. The summed E-state index contributed by atoms with van der Waals surface area (Å²) in [6.45, 7) is 2.80. The van der Waals surface area contributed by atoms with E-state index in [2.05, 4.69) is 4.90 Å². The fourth-order valence-corrected chi connectivity index (χ4v) is 2.93. The number of nitrogens with zero attached hydrogens (tertiary/aromatic N) is 1. The van der Waals surface area contributed by atoms with Crippen LogP contribution in [0.1, 0.15) is 38.5 Å². The van der Waals surface area contributed by atoms with Crippen LogP contribution in [-0.4, -0.2) is 42.5 Å². The third-order valence-corrected chi connectivity index (χ3v) is 4.24. The summed E-state index contributed by atoms with van der Waals surface area (Å²) < 4.78 is 5.72. The molecule has 0 radical (unpaired) electrons. The minimum absolute atomic E-state index is 0.118. The van der Waals surface area contributed by atoms with Gasteiger partial charge in [-0.1, -0.05) is 12.8 Å². The average Bonchev–Trinajstić information content (AvgIpc) is 3.01. The van der Waals surface area contributed by atoms with Gasteiger partial charge in [-0.05, 0) is 31.7 Å². The zero-order chi connectivity index (χ0) is 11.0. The number of hydrogen-bond donors (Lipinski definition) is 0. The number of Topliss-reactive ketones (excluding diaryl/α,β-unsaturated/α-hetero) is 1. The van der Waals surface area contributed by atoms with Gasteiger partial charge in [0, 0.05) is 19.0 Å². The Morgan fingerprint density at radius 2 is 2.19 bits per heavy atom. The van der Waals surface area contributed by atoms with E-state index in [0.717, 1.165) is 31.9 Å². The molecule has 2 heterocycles. The van der Waals surface area contributed by atoms with Crippen LogP contribution in [0.3, 0.4) is 0 Å². The van der Waals surface area contributed by atoms with Crippen LogP contribution in [0.2, 0.25) is 0 Å². The van der Waals surface area contributed by atoms with Gasteiger partial charge in [-0.3, -0.25) is 9.69 Å². The number of ether oxygens (including phenoxy) is 1. The standard InChI is InChI=1S/C13H21NO2/c15-12(6-5-10-3-4-10)13-8-14-7-1-2-11(14)9-16-13/h10-11,13H,1-9H2. The Balaban J connectivity index is 1.48. The second-order valence-electron chi connectivity index (χ2n) is 5.56. The zero-order valence-corrected chi connectivity index (χ0v) is 9.86. The molecule has 2 saturated heterocycles. The zero-order valence-electron chi connectivity index (χ0n) is 9.86. The summed E-state index contributed by atoms with van der Waals surface area (Å²) in [6.07, 6.45) is 6.93. The van der Waals surface area contributed by atoms with Gasteiger partial charge in [0.25, 0.3) is 0 Å². The molecule has 3 rings (SSSR count). The van der Waals surface area contributed by atoms with Gasteiger partial charge in [-0.25, -0.2) is 0 Å². The molecule has 1 aliphatic carbocycles. The Hall–Kier alpha value is -0.410. The molecular weight excluding hydrogens is 202 g/mol. The molecule has 2 aliphatic heterocycles. The normalized spacial score (nSPS) is 35.0. The van der Waals surface area contributed by atoms with Crippen LogP contribution < -0.4 is 0 Å². The number of carbonyl (C=O) groups excluding carboxylic acids is 1. The van der Waals surface area contributed by atoms with Gasteiger partial charge in [0.1, 0.15) is 6.10 Å². The van der Waals surface area contributed by atoms with Crippen molar-refractivity contribution in [3.63, 3.8) is 0 Å². The van der Waals surface area contributed by atoms with E-state index in [4.69, 9.17) is 4.74 Å². The number of ketones is 1. The largest absolute Gasteiger partial charge is 0.367 e. The van der Waals surface area contributed by atoms with Crippen molar-refractivity contribution in [1.82, 2.24) is 4.90 Å². The van der Waals surface area contributed by atoms with Crippen molar-refractivity contribution in [3.05, 3.63) is 0 Å². The maximum absolute atomic E-state index is 12.0. The molecule has 0 aromatic rings. The summed E-state index contributed by atoms with van der Waals surface area (Å²) in [5.74, 6) is 1.20. The van der Waals surface area contributed by atoms with Gasteiger partial charge in [0.15, 0.2) is 5.78 Å². The predicted octanol–water partition coefficient (Wildman–Crippen LogP) is 1.61. The predicted molar refractivity (Wildman–Crippen MR) is 61.3 cm³/mol. The van der Waals surface area contributed by atoms with Crippen LogP contribution in [0.4, 0.5) is 0 Å². The van der Waals surface area contributed by atoms with Gasteiger partial charge in [0.2, 0.25) is 0 Å². The van der Waals surface area contributed by atoms with Crippen molar-refractivity contribution in [2.24, 2.45) is 5.92 Å². The Kier molecular flexibility index (Phi) is 2.99. The summed E-state index contributed by atoms with van der Waals surface area (Å²) in [5, 5.41) is 0. The highest BCUT2D eigenvalue weighted by Gasteiger charge is 2.35. The first kappa shape index (κ1) is 10.7.